The van der Waals surface area contributed by atoms with Crippen LogP contribution in [-0.2, 0) is 6.42 Å². The topological polar surface area (TPSA) is 22.1 Å². The van der Waals surface area contributed by atoms with Crippen molar-refractivity contribution in [1.82, 2.24) is 4.98 Å². The Labute approximate surface area is 88.5 Å². The molecule has 1 aliphatic rings. The van der Waals surface area contributed by atoms with Crippen molar-refractivity contribution in [3.8, 4) is 16.9 Å². The van der Waals surface area contributed by atoms with Crippen LogP contribution in [0.25, 0.3) is 11.1 Å². The number of benzene rings is 1. The summed E-state index contributed by atoms with van der Waals surface area (Å²) in [4.78, 5) is 4.03. The summed E-state index contributed by atoms with van der Waals surface area (Å²) in [6.07, 6.45) is 4.66. The van der Waals surface area contributed by atoms with Crippen LogP contribution in [0.2, 0.25) is 0 Å². The van der Waals surface area contributed by atoms with Gasteiger partial charge in [-0.2, -0.15) is 0 Å². The quantitative estimate of drug-likeness (QED) is 0.701. The molecule has 0 aliphatic carbocycles. The molecule has 1 aromatic carbocycles. The second-order valence-corrected chi connectivity index (χ2v) is 3.62. The van der Waals surface area contributed by atoms with Crippen LogP contribution in [0.15, 0.2) is 42.7 Å². The summed E-state index contributed by atoms with van der Waals surface area (Å²) in [6, 6.07) is 10.3. The summed E-state index contributed by atoms with van der Waals surface area (Å²) >= 11 is 0. The van der Waals surface area contributed by atoms with Crippen molar-refractivity contribution in [2.75, 3.05) is 6.61 Å². The zero-order valence-electron chi connectivity index (χ0n) is 8.31. The van der Waals surface area contributed by atoms with E-state index in [1.165, 1.54) is 16.7 Å². The number of aromatic nitrogens is 1. The Bertz CT molecular complexity index is 479. The molecule has 1 aliphatic heterocycles. The highest BCUT2D eigenvalue weighted by atomic mass is 16.5. The molecule has 0 atom stereocenters. The highest BCUT2D eigenvalue weighted by molar-refractivity contribution is 5.70. The second kappa shape index (κ2) is 3.39. The summed E-state index contributed by atoms with van der Waals surface area (Å²) in [6.45, 7) is 0.803. The van der Waals surface area contributed by atoms with Crippen molar-refractivity contribution in [3.63, 3.8) is 0 Å². The minimum Gasteiger partial charge on any atom is -0.493 e. The Hall–Kier alpha value is -1.83. The lowest BCUT2D eigenvalue weighted by Crippen LogP contribution is -1.87. The molecule has 0 saturated heterocycles. The number of nitrogens with zero attached hydrogens (tertiary/aromatic N) is 1. The van der Waals surface area contributed by atoms with E-state index >= 15 is 0 Å². The number of pyridine rings is 1. The third-order valence-corrected chi connectivity index (χ3v) is 2.73. The van der Waals surface area contributed by atoms with Crippen LogP contribution in [0.4, 0.5) is 0 Å². The van der Waals surface area contributed by atoms with E-state index in [0.717, 1.165) is 18.8 Å². The lowest BCUT2D eigenvalue weighted by molar-refractivity contribution is 0.357. The van der Waals surface area contributed by atoms with E-state index in [2.05, 4.69) is 11.1 Å². The SMILES string of the molecule is c1cc2c(c(-c3ccncc3)c1)CCO2. The Morgan fingerprint density at radius 2 is 1.93 bits per heavy atom. The fourth-order valence-electron chi connectivity index (χ4n) is 2.02. The first kappa shape index (κ1) is 8.48. The van der Waals surface area contributed by atoms with Crippen molar-refractivity contribution in [1.29, 1.82) is 0 Å². The van der Waals surface area contributed by atoms with Gasteiger partial charge in [-0.15, -0.1) is 0 Å². The van der Waals surface area contributed by atoms with Gasteiger partial charge in [0.05, 0.1) is 6.61 Å². The summed E-state index contributed by atoms with van der Waals surface area (Å²) in [5.41, 5.74) is 3.81. The van der Waals surface area contributed by atoms with Gasteiger partial charge >= 0.3 is 0 Å². The van der Waals surface area contributed by atoms with Crippen LogP contribution in [0, 0.1) is 0 Å². The largest absolute Gasteiger partial charge is 0.493 e. The van der Waals surface area contributed by atoms with E-state index < -0.39 is 0 Å². The summed E-state index contributed by atoms with van der Waals surface area (Å²) in [5, 5.41) is 0. The molecule has 0 radical (unpaired) electrons. The van der Waals surface area contributed by atoms with Gasteiger partial charge in [0.2, 0.25) is 0 Å². The van der Waals surface area contributed by atoms with E-state index in [9.17, 15) is 0 Å². The predicted octanol–water partition coefficient (Wildman–Crippen LogP) is 2.68. The first-order valence-corrected chi connectivity index (χ1v) is 5.10. The maximum Gasteiger partial charge on any atom is 0.123 e. The van der Waals surface area contributed by atoms with Crippen molar-refractivity contribution >= 4 is 0 Å². The number of fused-ring (bicyclic) bond motifs is 1. The van der Waals surface area contributed by atoms with Crippen LogP contribution in [-0.4, -0.2) is 11.6 Å². The van der Waals surface area contributed by atoms with Crippen LogP contribution in [0.5, 0.6) is 5.75 Å². The van der Waals surface area contributed by atoms with Crippen molar-refractivity contribution in [2.45, 2.75) is 6.42 Å². The van der Waals surface area contributed by atoms with Gasteiger partial charge in [0, 0.05) is 24.4 Å². The maximum absolute atomic E-state index is 5.54. The minimum atomic E-state index is 0.803. The average molecular weight is 197 g/mol. The molecule has 2 heteroatoms. The lowest BCUT2D eigenvalue weighted by atomic mass is 9.99. The average Bonchev–Trinajstić information content (AvgIpc) is 2.78. The van der Waals surface area contributed by atoms with Crippen molar-refractivity contribution in [2.24, 2.45) is 0 Å². The molecule has 0 bridgehead atoms. The van der Waals surface area contributed by atoms with Crippen LogP contribution in [0.3, 0.4) is 0 Å². The van der Waals surface area contributed by atoms with Crippen molar-refractivity contribution < 1.29 is 4.74 Å². The Balaban J connectivity index is 2.17. The molecule has 74 valence electrons. The van der Waals surface area contributed by atoms with Crippen molar-refractivity contribution in [3.05, 3.63) is 48.3 Å². The molecule has 2 aromatic rings. The van der Waals surface area contributed by atoms with E-state index in [4.69, 9.17) is 4.74 Å². The van der Waals surface area contributed by atoms with Gasteiger partial charge in [-0.05, 0) is 29.3 Å². The molecule has 2 heterocycles. The Morgan fingerprint density at radius 1 is 1.07 bits per heavy atom. The first-order chi connectivity index (χ1) is 7.45. The van der Waals surface area contributed by atoms with Gasteiger partial charge in [0.25, 0.3) is 0 Å². The number of hydrogen-bond donors (Lipinski definition) is 0. The Morgan fingerprint density at radius 3 is 2.80 bits per heavy atom. The summed E-state index contributed by atoms with van der Waals surface area (Å²) in [5.74, 6) is 1.03. The third-order valence-electron chi connectivity index (χ3n) is 2.73. The summed E-state index contributed by atoms with van der Waals surface area (Å²) in [7, 11) is 0. The fourth-order valence-corrected chi connectivity index (χ4v) is 2.02. The zero-order chi connectivity index (χ0) is 10.1. The smallest absolute Gasteiger partial charge is 0.123 e. The normalized spacial score (nSPS) is 13.3. The minimum absolute atomic E-state index is 0.803. The van der Waals surface area contributed by atoms with Crippen LogP contribution >= 0.6 is 0 Å². The molecule has 0 spiro atoms. The monoisotopic (exact) mass is 197 g/mol. The van der Waals surface area contributed by atoms with Crippen LogP contribution in [0.1, 0.15) is 5.56 Å². The standard InChI is InChI=1S/C13H11NO/c1-2-11(10-4-7-14-8-5-10)12-6-9-15-13(12)3-1/h1-5,7-8H,6,9H2. The fraction of sp³-hybridized carbons (Fsp3) is 0.154. The molecule has 0 amide bonds. The molecular weight excluding hydrogens is 186 g/mol. The van der Waals surface area contributed by atoms with Gasteiger partial charge in [-0.1, -0.05) is 12.1 Å². The van der Waals surface area contributed by atoms with Gasteiger partial charge in [-0.3, -0.25) is 4.98 Å². The number of hydrogen-bond acceptors (Lipinski definition) is 2. The van der Waals surface area contributed by atoms with Gasteiger partial charge in [0.15, 0.2) is 0 Å². The van der Waals surface area contributed by atoms with Gasteiger partial charge in [0.1, 0.15) is 5.75 Å². The molecule has 1 aromatic heterocycles. The molecule has 0 fully saturated rings. The Kier molecular flexibility index (Phi) is 1.91. The molecular formula is C13H11NO. The molecule has 3 rings (SSSR count). The molecule has 15 heavy (non-hydrogen) atoms. The van der Waals surface area contributed by atoms with Gasteiger partial charge < -0.3 is 4.74 Å². The highest BCUT2D eigenvalue weighted by Gasteiger charge is 2.15. The summed E-state index contributed by atoms with van der Waals surface area (Å²) < 4.78 is 5.54. The zero-order valence-corrected chi connectivity index (χ0v) is 8.31. The molecule has 0 saturated carbocycles. The van der Waals surface area contributed by atoms with E-state index in [-0.39, 0.29) is 0 Å². The predicted molar refractivity (Wildman–Crippen MR) is 58.9 cm³/mol. The molecule has 0 N–H and O–H groups in total. The van der Waals surface area contributed by atoms with E-state index in [0.29, 0.717) is 0 Å². The number of rotatable bonds is 1. The highest BCUT2D eigenvalue weighted by Crippen LogP contribution is 2.34. The van der Waals surface area contributed by atoms with Gasteiger partial charge in [-0.25, -0.2) is 0 Å². The van der Waals surface area contributed by atoms with E-state index in [1.54, 1.807) is 0 Å². The first-order valence-electron chi connectivity index (χ1n) is 5.10. The molecule has 0 unspecified atom stereocenters. The third kappa shape index (κ3) is 1.38. The van der Waals surface area contributed by atoms with E-state index in [1.807, 2.05) is 36.7 Å². The molecule has 2 nitrogen and oxygen atoms in total. The maximum atomic E-state index is 5.54. The van der Waals surface area contributed by atoms with Crippen LogP contribution < -0.4 is 4.74 Å². The lowest BCUT2D eigenvalue weighted by Gasteiger charge is -2.06. The number of ether oxygens (including phenoxy) is 1. The second-order valence-electron chi connectivity index (χ2n) is 3.62.